The van der Waals surface area contributed by atoms with Gasteiger partial charge in [-0.15, -0.1) is 0 Å². The van der Waals surface area contributed by atoms with Gasteiger partial charge >= 0.3 is 5.69 Å². The second-order valence-corrected chi connectivity index (χ2v) is 6.64. The molecule has 0 aliphatic heterocycles. The molecule has 0 radical (unpaired) electrons. The van der Waals surface area contributed by atoms with Gasteiger partial charge in [0.2, 0.25) is 5.95 Å². The first-order chi connectivity index (χ1) is 14.6. The number of nitrogens with one attached hydrogen (secondary N) is 2. The van der Waals surface area contributed by atoms with Crippen LogP contribution in [0.15, 0.2) is 69.3 Å². The zero-order valence-electron chi connectivity index (χ0n) is 16.5. The van der Waals surface area contributed by atoms with Crippen LogP contribution in [0.25, 0.3) is 11.2 Å². The molecule has 9 nitrogen and oxygen atoms in total. The van der Waals surface area contributed by atoms with Gasteiger partial charge in [-0.25, -0.2) is 10.2 Å². The maximum atomic E-state index is 12.5. The van der Waals surface area contributed by atoms with Crippen LogP contribution in [0.3, 0.4) is 0 Å². The number of rotatable bonds is 6. The van der Waals surface area contributed by atoms with E-state index in [-0.39, 0.29) is 5.65 Å². The summed E-state index contributed by atoms with van der Waals surface area (Å²) in [6.07, 6.45) is 1.63. The lowest BCUT2D eigenvalue weighted by atomic mass is 10.2. The number of fused-ring (bicyclic) bond motifs is 1. The van der Waals surface area contributed by atoms with Gasteiger partial charge in [0, 0.05) is 7.05 Å². The summed E-state index contributed by atoms with van der Waals surface area (Å²) < 4.78 is 8.15. The number of ether oxygens (including phenoxy) is 1. The van der Waals surface area contributed by atoms with Crippen LogP contribution in [-0.4, -0.2) is 32.4 Å². The largest absolute Gasteiger partial charge is 0.497 e. The number of hydrogen-bond acceptors (Lipinski definition) is 6. The van der Waals surface area contributed by atoms with Gasteiger partial charge < -0.3 is 4.74 Å². The van der Waals surface area contributed by atoms with E-state index in [9.17, 15) is 9.59 Å². The highest BCUT2D eigenvalue weighted by atomic mass is 16.5. The summed E-state index contributed by atoms with van der Waals surface area (Å²) in [5, 5.41) is 4.25. The molecule has 2 aromatic heterocycles. The fraction of sp³-hybridized carbons (Fsp3) is 0.143. The Morgan fingerprint density at radius 2 is 1.87 bits per heavy atom. The van der Waals surface area contributed by atoms with Crippen LogP contribution in [0.2, 0.25) is 0 Å². The van der Waals surface area contributed by atoms with E-state index in [4.69, 9.17) is 4.74 Å². The van der Waals surface area contributed by atoms with Crippen LogP contribution in [0.4, 0.5) is 5.95 Å². The van der Waals surface area contributed by atoms with Crippen molar-refractivity contribution in [2.75, 3.05) is 12.5 Å². The summed E-state index contributed by atoms with van der Waals surface area (Å²) >= 11 is 0. The molecule has 0 bridgehead atoms. The van der Waals surface area contributed by atoms with Crippen molar-refractivity contribution in [3.63, 3.8) is 0 Å². The number of imidazole rings is 1. The first-order valence-corrected chi connectivity index (χ1v) is 9.23. The Morgan fingerprint density at radius 1 is 1.13 bits per heavy atom. The first kappa shape index (κ1) is 19.2. The summed E-state index contributed by atoms with van der Waals surface area (Å²) in [6, 6.07) is 17.1. The molecule has 0 saturated carbocycles. The van der Waals surface area contributed by atoms with Gasteiger partial charge in [-0.05, 0) is 35.4 Å². The van der Waals surface area contributed by atoms with Crippen molar-refractivity contribution in [3.05, 3.63) is 86.6 Å². The minimum atomic E-state index is -0.523. The fourth-order valence-electron chi connectivity index (χ4n) is 3.09. The van der Waals surface area contributed by atoms with E-state index in [0.717, 1.165) is 16.9 Å². The smallest absolute Gasteiger partial charge is 0.329 e. The lowest BCUT2D eigenvalue weighted by Gasteiger charge is -2.08. The van der Waals surface area contributed by atoms with Gasteiger partial charge in [-0.2, -0.15) is 10.1 Å². The summed E-state index contributed by atoms with van der Waals surface area (Å²) in [7, 11) is 3.17. The van der Waals surface area contributed by atoms with Crippen LogP contribution >= 0.6 is 0 Å². The number of benzene rings is 2. The quantitative estimate of drug-likeness (QED) is 0.377. The molecule has 0 aliphatic carbocycles. The summed E-state index contributed by atoms with van der Waals surface area (Å²) in [5.74, 6) is 1.11. The molecule has 0 spiro atoms. The fourth-order valence-corrected chi connectivity index (χ4v) is 3.09. The maximum Gasteiger partial charge on any atom is 0.329 e. The average Bonchev–Trinajstić information content (AvgIpc) is 3.12. The van der Waals surface area contributed by atoms with E-state index < -0.39 is 11.2 Å². The number of methoxy groups -OCH3 is 1. The lowest BCUT2D eigenvalue weighted by molar-refractivity contribution is 0.415. The van der Waals surface area contributed by atoms with Crippen LogP contribution in [-0.2, 0) is 13.6 Å². The van der Waals surface area contributed by atoms with Crippen LogP contribution in [0.5, 0.6) is 5.75 Å². The summed E-state index contributed by atoms with van der Waals surface area (Å²) in [4.78, 5) is 31.3. The number of aromatic amines is 1. The van der Waals surface area contributed by atoms with Gasteiger partial charge in [0.25, 0.3) is 5.56 Å². The standard InChI is InChI=1S/C21H20N6O3/c1-26-18-17(19(28)24-21(26)29)27(13-15-6-4-3-5-7-15)20(23-18)25-22-12-14-8-10-16(30-2)11-9-14/h3-12H,13H2,1-2H3,(H,23,25)(H,24,28,29)/b22-12-. The third-order valence-corrected chi connectivity index (χ3v) is 4.68. The van der Waals surface area contributed by atoms with Gasteiger partial charge in [-0.3, -0.25) is 18.9 Å². The molecular formula is C21H20N6O3. The predicted molar refractivity (Wildman–Crippen MR) is 115 cm³/mol. The first-order valence-electron chi connectivity index (χ1n) is 9.23. The average molecular weight is 404 g/mol. The number of hydrazone groups is 1. The molecule has 4 rings (SSSR count). The Hall–Kier alpha value is -4.14. The third kappa shape index (κ3) is 3.72. The zero-order chi connectivity index (χ0) is 21.1. The number of aromatic nitrogens is 4. The molecule has 0 saturated heterocycles. The zero-order valence-corrected chi connectivity index (χ0v) is 16.5. The molecule has 0 aliphatic rings. The lowest BCUT2D eigenvalue weighted by Crippen LogP contribution is -2.29. The molecule has 2 N–H and O–H groups in total. The predicted octanol–water partition coefficient (Wildman–Crippen LogP) is 1.93. The van der Waals surface area contributed by atoms with E-state index in [1.165, 1.54) is 4.57 Å². The van der Waals surface area contributed by atoms with E-state index in [1.807, 2.05) is 54.6 Å². The second-order valence-electron chi connectivity index (χ2n) is 6.64. The number of anilines is 1. The third-order valence-electron chi connectivity index (χ3n) is 4.68. The van der Waals surface area contributed by atoms with Gasteiger partial charge in [0.15, 0.2) is 11.2 Å². The Labute approximate surface area is 171 Å². The highest BCUT2D eigenvalue weighted by Crippen LogP contribution is 2.18. The molecule has 2 aromatic carbocycles. The van der Waals surface area contributed by atoms with Gasteiger partial charge in [0.05, 0.1) is 19.9 Å². The van der Waals surface area contributed by atoms with Crippen molar-refractivity contribution in [2.45, 2.75) is 6.54 Å². The summed E-state index contributed by atoms with van der Waals surface area (Å²) in [5.41, 5.74) is 4.29. The maximum absolute atomic E-state index is 12.5. The summed E-state index contributed by atoms with van der Waals surface area (Å²) in [6.45, 7) is 0.388. The van der Waals surface area contributed by atoms with E-state index in [0.29, 0.717) is 18.0 Å². The van der Waals surface area contributed by atoms with Crippen molar-refractivity contribution >= 4 is 23.3 Å². The van der Waals surface area contributed by atoms with Gasteiger partial charge in [0.1, 0.15) is 5.75 Å². The monoisotopic (exact) mass is 404 g/mol. The molecule has 30 heavy (non-hydrogen) atoms. The van der Waals surface area contributed by atoms with Crippen molar-refractivity contribution < 1.29 is 4.74 Å². The molecule has 0 unspecified atom stereocenters. The van der Waals surface area contributed by atoms with Crippen molar-refractivity contribution in [1.29, 1.82) is 0 Å². The van der Waals surface area contributed by atoms with Gasteiger partial charge in [-0.1, -0.05) is 30.3 Å². The molecule has 9 heteroatoms. The van der Waals surface area contributed by atoms with E-state index in [2.05, 4.69) is 20.5 Å². The van der Waals surface area contributed by atoms with Crippen molar-refractivity contribution in [1.82, 2.24) is 19.1 Å². The second kappa shape index (κ2) is 8.08. The highest BCUT2D eigenvalue weighted by molar-refractivity contribution is 5.80. The molecule has 152 valence electrons. The molecule has 0 fully saturated rings. The van der Waals surface area contributed by atoms with Crippen molar-refractivity contribution in [2.24, 2.45) is 12.1 Å². The van der Waals surface area contributed by atoms with Crippen LogP contribution in [0.1, 0.15) is 11.1 Å². The Bertz CT molecular complexity index is 1320. The normalized spacial score (nSPS) is 11.3. The Balaban J connectivity index is 1.73. The minimum absolute atomic E-state index is 0.279. The Morgan fingerprint density at radius 3 is 2.57 bits per heavy atom. The number of H-pyrrole nitrogens is 1. The number of nitrogens with zero attached hydrogens (tertiary/aromatic N) is 4. The van der Waals surface area contributed by atoms with Crippen LogP contribution in [0, 0.1) is 0 Å². The Kier molecular flexibility index (Phi) is 5.17. The highest BCUT2D eigenvalue weighted by Gasteiger charge is 2.17. The van der Waals surface area contributed by atoms with E-state index in [1.54, 1.807) is 24.9 Å². The molecule has 0 amide bonds. The number of hydrogen-bond donors (Lipinski definition) is 2. The van der Waals surface area contributed by atoms with Crippen LogP contribution < -0.4 is 21.4 Å². The molecular weight excluding hydrogens is 384 g/mol. The molecule has 2 heterocycles. The number of aryl methyl sites for hydroxylation is 1. The topological polar surface area (TPSA) is 106 Å². The van der Waals surface area contributed by atoms with Crippen molar-refractivity contribution in [3.8, 4) is 5.75 Å². The SMILES string of the molecule is COc1ccc(/C=N\Nc2nc3c(c(=O)[nH]c(=O)n3C)n2Cc2ccccc2)cc1. The molecule has 4 aromatic rings. The van der Waals surface area contributed by atoms with E-state index >= 15 is 0 Å². The minimum Gasteiger partial charge on any atom is -0.497 e. The molecule has 0 atom stereocenters.